The monoisotopic (exact) mass is 370 g/mol. The first-order chi connectivity index (χ1) is 13.1. The van der Waals surface area contributed by atoms with Crippen molar-refractivity contribution in [3.8, 4) is 17.4 Å². The second-order valence-electron chi connectivity index (χ2n) is 6.35. The number of piperidine rings is 1. The molecule has 1 atom stereocenters. The van der Waals surface area contributed by atoms with Gasteiger partial charge in [0.05, 0.1) is 18.7 Å². The summed E-state index contributed by atoms with van der Waals surface area (Å²) in [5.41, 5.74) is 0.629. The Morgan fingerprint density at radius 3 is 3.00 bits per heavy atom. The average Bonchev–Trinajstić information content (AvgIpc) is 2.72. The van der Waals surface area contributed by atoms with Crippen LogP contribution < -0.4 is 9.47 Å². The number of benzene rings is 1. The van der Waals surface area contributed by atoms with E-state index < -0.39 is 0 Å². The van der Waals surface area contributed by atoms with E-state index in [-0.39, 0.29) is 29.9 Å². The van der Waals surface area contributed by atoms with E-state index in [1.165, 1.54) is 13.2 Å². The van der Waals surface area contributed by atoms with E-state index in [1.807, 2.05) is 0 Å². The van der Waals surface area contributed by atoms with Crippen LogP contribution in [-0.4, -0.2) is 53.5 Å². The lowest BCUT2D eigenvalue weighted by molar-refractivity contribution is 0.0526. The van der Waals surface area contributed by atoms with Crippen LogP contribution in [0.2, 0.25) is 0 Å². The number of pyridine rings is 1. The Morgan fingerprint density at radius 2 is 2.22 bits per heavy atom. The molecule has 7 heteroatoms. The van der Waals surface area contributed by atoms with Crippen LogP contribution >= 0.6 is 0 Å². The number of aromatic hydroxyl groups is 1. The Hall–Kier alpha value is -3.09. The highest BCUT2D eigenvalue weighted by atomic mass is 16.5. The number of phenolic OH excluding ortho intramolecular Hbond substituents is 1. The molecule has 0 spiro atoms. The zero-order chi connectivity index (χ0) is 19.2. The van der Waals surface area contributed by atoms with E-state index in [0.29, 0.717) is 30.0 Å². The summed E-state index contributed by atoms with van der Waals surface area (Å²) in [6.07, 6.45) is 4.85. The Morgan fingerprint density at radius 1 is 1.37 bits per heavy atom. The number of methoxy groups -OCH3 is 1. The highest BCUT2D eigenvalue weighted by Gasteiger charge is 2.28. The fourth-order valence-electron chi connectivity index (χ4n) is 3.22. The molecular formula is C20H22N2O5. The smallest absolute Gasteiger partial charge is 0.254 e. The maximum absolute atomic E-state index is 13.0. The molecule has 1 amide bonds. The number of aromatic nitrogens is 1. The number of amides is 1. The van der Waals surface area contributed by atoms with E-state index in [4.69, 9.17) is 9.47 Å². The van der Waals surface area contributed by atoms with Gasteiger partial charge in [0.25, 0.3) is 5.91 Å². The largest absolute Gasteiger partial charge is 0.507 e. The summed E-state index contributed by atoms with van der Waals surface area (Å²) in [6.45, 7) is 0.885. The second-order valence-corrected chi connectivity index (χ2v) is 6.35. The van der Waals surface area contributed by atoms with Gasteiger partial charge in [-0.05, 0) is 37.5 Å². The van der Waals surface area contributed by atoms with Gasteiger partial charge in [-0.3, -0.25) is 9.59 Å². The molecule has 1 unspecified atom stereocenters. The van der Waals surface area contributed by atoms with Crippen LogP contribution in [0.25, 0.3) is 0 Å². The summed E-state index contributed by atoms with van der Waals surface area (Å²) in [7, 11) is 1.51. The standard InChI is InChI=1S/C20H22N2O5/c1-26-19-11-14(8-9-21-19)20(25)22-10-3-2-5-15(22)13-27-18-7-4-6-17(24)16(18)12-23/h4,6-9,11-12,15,24H,2-3,5,10,13H2,1H3. The summed E-state index contributed by atoms with van der Waals surface area (Å²) in [5, 5.41) is 9.77. The van der Waals surface area contributed by atoms with Gasteiger partial charge < -0.3 is 19.5 Å². The number of hydrogen-bond donors (Lipinski definition) is 1. The van der Waals surface area contributed by atoms with E-state index >= 15 is 0 Å². The molecule has 3 rings (SSSR count). The summed E-state index contributed by atoms with van der Waals surface area (Å²) < 4.78 is 10.9. The van der Waals surface area contributed by atoms with Crippen molar-refractivity contribution in [1.29, 1.82) is 0 Å². The predicted octanol–water partition coefficient (Wildman–Crippen LogP) is 2.68. The van der Waals surface area contributed by atoms with Gasteiger partial charge in [-0.15, -0.1) is 0 Å². The van der Waals surface area contributed by atoms with Gasteiger partial charge in [-0.2, -0.15) is 0 Å². The summed E-state index contributed by atoms with van der Waals surface area (Å²) in [5.74, 6) is 0.480. The number of nitrogens with zero attached hydrogens (tertiary/aromatic N) is 2. The van der Waals surface area contributed by atoms with Crippen LogP contribution in [0.4, 0.5) is 0 Å². The molecule has 2 heterocycles. The Kier molecular flexibility index (Phi) is 5.90. The van der Waals surface area contributed by atoms with Crippen molar-refractivity contribution < 1.29 is 24.2 Å². The first kappa shape index (κ1) is 18.7. The van der Waals surface area contributed by atoms with Crippen molar-refractivity contribution in [2.24, 2.45) is 0 Å². The minimum atomic E-state index is -0.122. The van der Waals surface area contributed by atoms with Crippen LogP contribution in [0.3, 0.4) is 0 Å². The molecular weight excluding hydrogens is 348 g/mol. The lowest BCUT2D eigenvalue weighted by Gasteiger charge is -2.35. The third-order valence-corrected chi connectivity index (χ3v) is 4.67. The molecule has 142 valence electrons. The number of carbonyl (C=O) groups is 2. The summed E-state index contributed by atoms with van der Waals surface area (Å²) in [4.78, 5) is 30.0. The van der Waals surface area contributed by atoms with Gasteiger partial charge in [-0.1, -0.05) is 6.07 Å². The van der Waals surface area contributed by atoms with E-state index in [2.05, 4.69) is 4.98 Å². The van der Waals surface area contributed by atoms with Gasteiger partial charge in [0.15, 0.2) is 6.29 Å². The number of rotatable bonds is 6. The van der Waals surface area contributed by atoms with Crippen LogP contribution in [0.1, 0.15) is 40.0 Å². The maximum atomic E-state index is 13.0. The summed E-state index contributed by atoms with van der Waals surface area (Å²) in [6, 6.07) is 7.85. The Balaban J connectivity index is 1.75. The van der Waals surface area contributed by atoms with Gasteiger partial charge in [0.2, 0.25) is 5.88 Å². The molecule has 0 radical (unpaired) electrons. The van der Waals surface area contributed by atoms with Gasteiger partial charge in [0.1, 0.15) is 18.1 Å². The minimum Gasteiger partial charge on any atom is -0.507 e. The first-order valence-corrected chi connectivity index (χ1v) is 8.85. The third kappa shape index (κ3) is 4.19. The molecule has 1 aliphatic heterocycles. The fraction of sp³-hybridized carbons (Fsp3) is 0.350. The normalized spacial score (nSPS) is 16.6. The van der Waals surface area contributed by atoms with Gasteiger partial charge in [0, 0.05) is 24.4 Å². The van der Waals surface area contributed by atoms with Crippen molar-refractivity contribution in [2.75, 3.05) is 20.3 Å². The molecule has 7 nitrogen and oxygen atoms in total. The second kappa shape index (κ2) is 8.53. The lowest BCUT2D eigenvalue weighted by atomic mass is 10.0. The molecule has 1 aromatic heterocycles. The van der Waals surface area contributed by atoms with Gasteiger partial charge in [-0.25, -0.2) is 4.98 Å². The zero-order valence-electron chi connectivity index (χ0n) is 15.1. The average molecular weight is 370 g/mol. The fourth-order valence-corrected chi connectivity index (χ4v) is 3.22. The molecule has 1 aromatic carbocycles. The molecule has 1 saturated heterocycles. The quantitative estimate of drug-likeness (QED) is 0.787. The molecule has 1 aliphatic rings. The number of phenols is 1. The number of likely N-dealkylation sites (tertiary alicyclic amines) is 1. The number of hydrogen-bond acceptors (Lipinski definition) is 6. The van der Waals surface area contributed by atoms with Crippen molar-refractivity contribution in [3.63, 3.8) is 0 Å². The number of carbonyl (C=O) groups excluding carboxylic acids is 2. The van der Waals surface area contributed by atoms with Crippen molar-refractivity contribution in [2.45, 2.75) is 25.3 Å². The SMILES string of the molecule is COc1cc(C(=O)N2CCCCC2COc2cccc(O)c2C=O)ccn1. The molecule has 0 aliphatic carbocycles. The molecule has 1 fully saturated rings. The predicted molar refractivity (Wildman–Crippen MR) is 98.5 cm³/mol. The molecule has 1 N–H and O–H groups in total. The van der Waals surface area contributed by atoms with E-state index in [9.17, 15) is 14.7 Å². The maximum Gasteiger partial charge on any atom is 0.254 e. The molecule has 0 bridgehead atoms. The van der Waals surface area contributed by atoms with Crippen LogP contribution in [0.5, 0.6) is 17.4 Å². The Bertz CT molecular complexity index is 824. The van der Waals surface area contributed by atoms with Crippen molar-refractivity contribution >= 4 is 12.2 Å². The van der Waals surface area contributed by atoms with Crippen LogP contribution in [0, 0.1) is 0 Å². The molecule has 0 saturated carbocycles. The van der Waals surface area contributed by atoms with Crippen LogP contribution in [0.15, 0.2) is 36.5 Å². The first-order valence-electron chi connectivity index (χ1n) is 8.85. The Labute approximate surface area is 157 Å². The minimum absolute atomic E-state index is 0.101. The lowest BCUT2D eigenvalue weighted by Crippen LogP contribution is -2.46. The highest BCUT2D eigenvalue weighted by Crippen LogP contribution is 2.27. The number of ether oxygens (including phenoxy) is 2. The van der Waals surface area contributed by atoms with Crippen LogP contribution in [-0.2, 0) is 0 Å². The summed E-state index contributed by atoms with van der Waals surface area (Å²) >= 11 is 0. The van der Waals surface area contributed by atoms with Gasteiger partial charge >= 0.3 is 0 Å². The zero-order valence-corrected chi connectivity index (χ0v) is 15.1. The highest BCUT2D eigenvalue weighted by molar-refractivity contribution is 5.94. The molecule has 27 heavy (non-hydrogen) atoms. The van der Waals surface area contributed by atoms with Crippen molar-refractivity contribution in [1.82, 2.24) is 9.88 Å². The topological polar surface area (TPSA) is 89.0 Å². The third-order valence-electron chi connectivity index (χ3n) is 4.67. The van der Waals surface area contributed by atoms with Crippen molar-refractivity contribution in [3.05, 3.63) is 47.7 Å². The van der Waals surface area contributed by atoms with E-state index in [1.54, 1.807) is 35.4 Å². The number of aldehydes is 1. The van der Waals surface area contributed by atoms with E-state index in [0.717, 1.165) is 19.3 Å². The molecule has 2 aromatic rings.